The van der Waals surface area contributed by atoms with E-state index in [4.69, 9.17) is 10.7 Å². The molecule has 7 rings (SSSR count). The van der Waals surface area contributed by atoms with Gasteiger partial charge in [0.05, 0.1) is 23.0 Å². The topological polar surface area (TPSA) is 149 Å². The highest BCUT2D eigenvalue weighted by Crippen LogP contribution is 2.43. The number of rotatable bonds is 6. The number of carbonyl (C=O) groups excluding carboxylic acids is 2. The molecular weight excluding hydrogens is 591 g/mol. The fraction of sp³-hybridized carbons (Fsp3) is 0.548. The quantitative estimate of drug-likeness (QED) is 0.326. The summed E-state index contributed by atoms with van der Waals surface area (Å²) in [5.74, 6) is -0.179. The Morgan fingerprint density at radius 3 is 2.56 bits per heavy atom. The van der Waals surface area contributed by atoms with Gasteiger partial charge in [0, 0.05) is 43.5 Å². The summed E-state index contributed by atoms with van der Waals surface area (Å²) < 4.78 is 41.1. The summed E-state index contributed by atoms with van der Waals surface area (Å²) in [7, 11) is 0. The largest absolute Gasteiger partial charge is 0.417 e. The number of fused-ring (bicyclic) bond motifs is 2. The maximum Gasteiger partial charge on any atom is 0.417 e. The summed E-state index contributed by atoms with van der Waals surface area (Å²) in [5, 5.41) is 27.3. The predicted molar refractivity (Wildman–Crippen MR) is 158 cm³/mol. The van der Waals surface area contributed by atoms with Crippen molar-refractivity contribution in [2.24, 2.45) is 5.92 Å². The maximum absolute atomic E-state index is 13.7. The lowest BCUT2D eigenvalue weighted by Crippen LogP contribution is -2.51. The van der Waals surface area contributed by atoms with Crippen molar-refractivity contribution in [2.75, 3.05) is 23.7 Å². The van der Waals surface area contributed by atoms with Gasteiger partial charge in [-0.2, -0.15) is 13.2 Å². The van der Waals surface area contributed by atoms with E-state index >= 15 is 0 Å². The number of nitrogens with two attached hydrogens (primary N) is 1. The zero-order chi connectivity index (χ0) is 31.8. The predicted octanol–water partition coefficient (Wildman–Crippen LogP) is 3.27. The summed E-state index contributed by atoms with van der Waals surface area (Å²) in [6, 6.07) is 5.15. The Morgan fingerprint density at radius 2 is 1.91 bits per heavy atom. The van der Waals surface area contributed by atoms with Crippen LogP contribution < -0.4 is 16.0 Å². The molecule has 4 heterocycles. The zero-order valence-corrected chi connectivity index (χ0v) is 24.8. The Bertz CT molecular complexity index is 1680. The first-order valence-electron chi connectivity index (χ1n) is 15.5. The number of β-amino-alcohol motifs (C(OH)–C–C–N with tert-alkyl or cyclic N) is 1. The lowest BCUT2D eigenvalue weighted by Gasteiger charge is -2.37. The van der Waals surface area contributed by atoms with Gasteiger partial charge in [0.25, 0.3) is 11.8 Å². The summed E-state index contributed by atoms with van der Waals surface area (Å²) in [6.07, 6.45) is -1.87. The Balaban J connectivity index is 1.20. The lowest BCUT2D eigenvalue weighted by atomic mass is 9.81. The first-order chi connectivity index (χ1) is 21.3. The molecule has 3 fully saturated rings. The second-order valence-corrected chi connectivity index (χ2v) is 13.0. The molecule has 1 saturated heterocycles. The van der Waals surface area contributed by atoms with Gasteiger partial charge in [-0.3, -0.25) is 9.59 Å². The summed E-state index contributed by atoms with van der Waals surface area (Å²) >= 11 is 0. The molecule has 1 aromatic carbocycles. The Kier molecular flexibility index (Phi) is 7.00. The molecule has 5 N–H and O–H groups in total. The van der Waals surface area contributed by atoms with Crippen LogP contribution in [0.1, 0.15) is 78.1 Å². The Morgan fingerprint density at radius 1 is 1.18 bits per heavy atom. The van der Waals surface area contributed by atoms with Crippen molar-refractivity contribution < 1.29 is 33.0 Å². The van der Waals surface area contributed by atoms with Crippen LogP contribution >= 0.6 is 0 Å². The third kappa shape index (κ3) is 5.17. The molecule has 240 valence electrons. The third-order valence-electron chi connectivity index (χ3n) is 10.0. The molecule has 1 unspecified atom stereocenters. The number of alkyl halides is 3. The normalized spacial score (nSPS) is 26.0. The van der Waals surface area contributed by atoms with E-state index < -0.39 is 42.7 Å². The van der Waals surface area contributed by atoms with Crippen molar-refractivity contribution in [3.8, 4) is 11.3 Å². The molecule has 0 radical (unpaired) electrons. The summed E-state index contributed by atoms with van der Waals surface area (Å²) in [4.78, 5) is 35.8. The number of amides is 2. The van der Waals surface area contributed by atoms with Crippen molar-refractivity contribution in [3.63, 3.8) is 0 Å². The number of aliphatic hydroxyl groups excluding tert-OH is 1. The van der Waals surface area contributed by atoms with Gasteiger partial charge in [0.15, 0.2) is 17.1 Å². The average Bonchev–Trinajstić information content (AvgIpc) is 3.55. The van der Waals surface area contributed by atoms with Gasteiger partial charge < -0.3 is 31.1 Å². The lowest BCUT2D eigenvalue weighted by molar-refractivity contribution is -0.270. The van der Waals surface area contributed by atoms with Gasteiger partial charge in [-0.05, 0) is 81.5 Å². The highest BCUT2D eigenvalue weighted by atomic mass is 19.4. The molecule has 4 aliphatic rings. The number of aromatic nitrogens is 3. The molecule has 2 amide bonds. The first-order valence-corrected chi connectivity index (χ1v) is 15.5. The minimum absolute atomic E-state index is 0.00495. The monoisotopic (exact) mass is 627 g/mol. The van der Waals surface area contributed by atoms with Gasteiger partial charge >= 0.3 is 6.18 Å². The van der Waals surface area contributed by atoms with E-state index in [9.17, 15) is 33.0 Å². The molecule has 2 aliphatic carbocycles. The first kappa shape index (κ1) is 29.8. The molecule has 2 aliphatic heterocycles. The van der Waals surface area contributed by atoms with Crippen molar-refractivity contribution in [3.05, 3.63) is 41.1 Å². The van der Waals surface area contributed by atoms with E-state index in [0.29, 0.717) is 43.2 Å². The minimum Gasteiger partial charge on any atom is -0.391 e. The SMILES string of the molecule is CC(C1CC1)N1Cc2cc(-c3ccn4nc(N)c(C(=O)NC5CCC(O)(C(F)(F)F)CC5)c4n3)cc(N3CC[C@@H](O)C3)c2C1=O. The molecular formula is C31H36F3N7O4. The molecule has 2 atom stereocenters. The number of carbonyl (C=O) groups is 2. The average molecular weight is 628 g/mol. The van der Waals surface area contributed by atoms with E-state index in [1.165, 1.54) is 4.52 Å². The van der Waals surface area contributed by atoms with Gasteiger partial charge in [0.2, 0.25) is 0 Å². The van der Waals surface area contributed by atoms with Crippen molar-refractivity contribution in [2.45, 2.75) is 88.4 Å². The van der Waals surface area contributed by atoms with Gasteiger partial charge in [-0.1, -0.05) is 0 Å². The molecule has 11 nitrogen and oxygen atoms in total. The van der Waals surface area contributed by atoms with Gasteiger partial charge in [-0.15, -0.1) is 5.10 Å². The van der Waals surface area contributed by atoms with E-state index in [1.54, 1.807) is 12.3 Å². The molecule has 3 aromatic rings. The number of anilines is 2. The minimum atomic E-state index is -4.73. The van der Waals surface area contributed by atoms with Crippen LogP contribution in [0.15, 0.2) is 24.4 Å². The van der Waals surface area contributed by atoms with Gasteiger partial charge in [0.1, 0.15) is 5.56 Å². The molecule has 45 heavy (non-hydrogen) atoms. The maximum atomic E-state index is 13.7. The number of aliphatic hydroxyl groups is 2. The Labute approximate surface area is 257 Å². The second kappa shape index (κ2) is 10.6. The highest BCUT2D eigenvalue weighted by Gasteiger charge is 2.54. The van der Waals surface area contributed by atoms with Gasteiger partial charge in [-0.25, -0.2) is 9.50 Å². The van der Waals surface area contributed by atoms with Crippen LogP contribution in [0, 0.1) is 5.92 Å². The summed E-state index contributed by atoms with van der Waals surface area (Å²) in [5.41, 5.74) is 7.11. The number of halogens is 3. The van der Waals surface area contributed by atoms with Crippen molar-refractivity contribution >= 4 is 29.0 Å². The molecule has 2 saturated carbocycles. The number of benzene rings is 1. The fourth-order valence-electron chi connectivity index (χ4n) is 7.08. The van der Waals surface area contributed by atoms with E-state index in [-0.39, 0.29) is 41.8 Å². The van der Waals surface area contributed by atoms with E-state index in [1.807, 2.05) is 21.9 Å². The van der Waals surface area contributed by atoms with Crippen LogP contribution in [-0.2, 0) is 6.54 Å². The molecule has 0 bridgehead atoms. The zero-order valence-electron chi connectivity index (χ0n) is 24.8. The Hall–Kier alpha value is -3.91. The van der Waals surface area contributed by atoms with Crippen LogP contribution in [0.4, 0.5) is 24.7 Å². The van der Waals surface area contributed by atoms with Crippen molar-refractivity contribution in [1.82, 2.24) is 24.8 Å². The number of hydrogen-bond acceptors (Lipinski definition) is 8. The number of nitrogen functional groups attached to an aromatic ring is 1. The van der Waals surface area contributed by atoms with Crippen LogP contribution in [0.5, 0.6) is 0 Å². The molecule has 0 spiro atoms. The second-order valence-electron chi connectivity index (χ2n) is 13.0. The molecule has 2 aromatic heterocycles. The summed E-state index contributed by atoms with van der Waals surface area (Å²) in [6.45, 7) is 3.60. The van der Waals surface area contributed by atoms with Crippen LogP contribution in [0.3, 0.4) is 0 Å². The van der Waals surface area contributed by atoms with Crippen LogP contribution in [0.2, 0.25) is 0 Å². The standard InChI is InChI=1S/C31H36F3N7O4/c1-16(17-2-3-17)40-14-19-12-18(13-23(24(19)29(40)44)39-10-6-21(42)15-39)22-7-11-41-27(37-22)25(26(35)38-41)28(43)36-20-4-8-30(45,9-5-20)31(32,33)34/h7,11-13,16-17,20-21,42,45H,2-6,8-10,14-15H2,1H3,(H2,35,38)(H,36,43)/t16?,20?,21-,30?/m1/s1. The fourth-order valence-corrected chi connectivity index (χ4v) is 7.08. The van der Waals surface area contributed by atoms with Crippen molar-refractivity contribution in [1.29, 1.82) is 0 Å². The number of nitrogens with one attached hydrogen (secondary N) is 1. The highest BCUT2D eigenvalue weighted by molar-refractivity contribution is 6.06. The van der Waals surface area contributed by atoms with Crippen LogP contribution in [0.25, 0.3) is 16.9 Å². The smallest absolute Gasteiger partial charge is 0.391 e. The van der Waals surface area contributed by atoms with E-state index in [0.717, 1.165) is 29.7 Å². The number of nitrogens with zero attached hydrogens (tertiary/aromatic N) is 5. The third-order valence-corrected chi connectivity index (χ3v) is 10.0. The number of hydrogen-bond donors (Lipinski definition) is 4. The molecule has 14 heteroatoms. The van der Waals surface area contributed by atoms with Crippen LogP contribution in [-0.4, -0.2) is 84.6 Å². The van der Waals surface area contributed by atoms with E-state index in [2.05, 4.69) is 17.3 Å².